The van der Waals surface area contributed by atoms with E-state index in [0.717, 1.165) is 0 Å². The van der Waals surface area contributed by atoms with Crippen LogP contribution in [0.1, 0.15) is 6.92 Å². The molecule has 0 aromatic heterocycles. The van der Waals surface area contributed by atoms with Crippen LogP contribution in [0.2, 0.25) is 0 Å². The molecule has 0 fully saturated rings. The Hall–Kier alpha value is -1.36. The van der Waals surface area contributed by atoms with Crippen LogP contribution >= 0.6 is 0 Å². The molecule has 1 aromatic carbocycles. The number of anilines is 1. The Labute approximate surface area is 131 Å². The van der Waals surface area contributed by atoms with Crippen molar-refractivity contribution in [2.75, 3.05) is 37.7 Å². The van der Waals surface area contributed by atoms with Gasteiger partial charge in [-0.2, -0.15) is 0 Å². The maximum Gasteiger partial charge on any atom is 0.244 e. The predicted octanol–water partition coefficient (Wildman–Crippen LogP) is -0.0455. The molecule has 0 bridgehead atoms. The van der Waals surface area contributed by atoms with E-state index in [1.165, 1.54) is 32.2 Å². The molecule has 126 valence electrons. The lowest BCUT2D eigenvalue weighted by Crippen LogP contribution is -2.30. The van der Waals surface area contributed by atoms with Crippen molar-refractivity contribution < 1.29 is 21.6 Å². The number of methoxy groups -OCH3 is 1. The van der Waals surface area contributed by atoms with Gasteiger partial charge in [-0.3, -0.25) is 4.72 Å². The summed E-state index contributed by atoms with van der Waals surface area (Å²) in [6.45, 7) is 2.21. The second-order valence-corrected chi connectivity index (χ2v) is 8.12. The van der Waals surface area contributed by atoms with E-state index < -0.39 is 20.0 Å². The quantitative estimate of drug-likeness (QED) is 0.538. The Morgan fingerprint density at radius 2 is 1.82 bits per heavy atom. The lowest BCUT2D eigenvalue weighted by atomic mass is 10.3. The normalized spacial score (nSPS) is 12.1. The molecule has 10 heteroatoms. The first-order valence-corrected chi connectivity index (χ1v) is 9.72. The predicted molar refractivity (Wildman–Crippen MR) is 85.2 cm³/mol. The summed E-state index contributed by atoms with van der Waals surface area (Å²) in [6, 6.07) is 4.01. The largest absolute Gasteiger partial charge is 0.495 e. The Kier molecular flexibility index (Phi) is 6.60. The summed E-state index contributed by atoms with van der Waals surface area (Å²) < 4.78 is 57.3. The number of hydrogen-bond acceptors (Lipinski definition) is 6. The average Bonchev–Trinajstić information content (AvgIpc) is 2.46. The zero-order valence-corrected chi connectivity index (χ0v) is 14.3. The number of nitrogens with one attached hydrogen (secondary N) is 3. The van der Waals surface area contributed by atoms with Crippen LogP contribution in [0.3, 0.4) is 0 Å². The SMILES string of the molecule is CCS(=O)(=O)Nc1ccc(S(=O)(=O)NCCNC)c(OC)c1. The molecule has 8 nitrogen and oxygen atoms in total. The molecule has 0 saturated heterocycles. The van der Waals surface area contributed by atoms with E-state index in [0.29, 0.717) is 6.54 Å². The van der Waals surface area contributed by atoms with E-state index in [-0.39, 0.29) is 28.6 Å². The average molecular weight is 351 g/mol. The maximum atomic E-state index is 12.2. The van der Waals surface area contributed by atoms with E-state index in [9.17, 15) is 16.8 Å². The summed E-state index contributed by atoms with van der Waals surface area (Å²) >= 11 is 0. The minimum Gasteiger partial charge on any atom is -0.495 e. The molecule has 0 aliphatic rings. The summed E-state index contributed by atoms with van der Waals surface area (Å²) in [7, 11) is -4.14. The lowest BCUT2D eigenvalue weighted by Gasteiger charge is -2.13. The van der Waals surface area contributed by atoms with Crippen molar-refractivity contribution in [3.63, 3.8) is 0 Å². The minimum absolute atomic E-state index is 0.0504. The fourth-order valence-electron chi connectivity index (χ4n) is 1.59. The molecule has 0 amide bonds. The zero-order valence-electron chi connectivity index (χ0n) is 12.7. The summed E-state index contributed by atoms with van der Waals surface area (Å²) in [5, 5.41) is 2.83. The van der Waals surface area contributed by atoms with Crippen LogP contribution in [0.25, 0.3) is 0 Å². The summed E-state index contributed by atoms with van der Waals surface area (Å²) in [6.07, 6.45) is 0. The van der Waals surface area contributed by atoms with Crippen LogP contribution in [0.5, 0.6) is 5.75 Å². The maximum absolute atomic E-state index is 12.2. The summed E-state index contributed by atoms with van der Waals surface area (Å²) in [5.74, 6) is -0.0192. The van der Waals surface area contributed by atoms with Crippen LogP contribution in [-0.4, -0.2) is 49.8 Å². The van der Waals surface area contributed by atoms with Gasteiger partial charge in [-0.25, -0.2) is 21.6 Å². The standard InChI is InChI=1S/C12H21N3O5S2/c1-4-21(16,17)15-10-5-6-12(11(9-10)20-3)22(18,19)14-8-7-13-2/h5-6,9,13-15H,4,7-8H2,1-3H3. The fourth-order valence-corrected chi connectivity index (χ4v) is 3.40. The number of hydrogen-bond donors (Lipinski definition) is 3. The fraction of sp³-hybridized carbons (Fsp3) is 0.500. The lowest BCUT2D eigenvalue weighted by molar-refractivity contribution is 0.402. The van der Waals surface area contributed by atoms with Gasteiger partial charge in [0.25, 0.3) is 0 Å². The van der Waals surface area contributed by atoms with Gasteiger partial charge in [0.05, 0.1) is 18.6 Å². The molecule has 1 rings (SSSR count). The number of benzene rings is 1. The first-order chi connectivity index (χ1) is 10.3. The molecule has 0 radical (unpaired) electrons. The smallest absolute Gasteiger partial charge is 0.244 e. The zero-order chi connectivity index (χ0) is 16.8. The molecular weight excluding hydrogens is 330 g/mol. The molecule has 1 aromatic rings. The van der Waals surface area contributed by atoms with E-state index in [1.54, 1.807) is 7.05 Å². The van der Waals surface area contributed by atoms with Gasteiger partial charge in [-0.15, -0.1) is 0 Å². The molecule has 3 N–H and O–H groups in total. The molecule has 0 spiro atoms. The van der Waals surface area contributed by atoms with Gasteiger partial charge in [0, 0.05) is 19.2 Å². The van der Waals surface area contributed by atoms with Crippen molar-refractivity contribution in [3.05, 3.63) is 18.2 Å². The van der Waals surface area contributed by atoms with Crippen molar-refractivity contribution >= 4 is 25.7 Å². The first kappa shape index (κ1) is 18.7. The number of sulfonamides is 2. The van der Waals surface area contributed by atoms with Crippen LogP contribution in [0.15, 0.2) is 23.1 Å². The number of ether oxygens (including phenoxy) is 1. The molecule has 0 heterocycles. The van der Waals surface area contributed by atoms with Gasteiger partial charge in [-0.1, -0.05) is 0 Å². The Morgan fingerprint density at radius 1 is 1.14 bits per heavy atom. The van der Waals surface area contributed by atoms with Crippen LogP contribution in [0, 0.1) is 0 Å². The highest BCUT2D eigenvalue weighted by atomic mass is 32.2. The van der Waals surface area contributed by atoms with Crippen molar-refractivity contribution in [3.8, 4) is 5.75 Å². The highest BCUT2D eigenvalue weighted by Gasteiger charge is 2.20. The van der Waals surface area contributed by atoms with Gasteiger partial charge in [-0.05, 0) is 26.1 Å². The molecule has 0 aliphatic carbocycles. The molecule has 22 heavy (non-hydrogen) atoms. The molecule has 0 saturated carbocycles. The second-order valence-electron chi connectivity index (χ2n) is 4.37. The van der Waals surface area contributed by atoms with E-state index in [4.69, 9.17) is 4.74 Å². The monoisotopic (exact) mass is 351 g/mol. The topological polar surface area (TPSA) is 114 Å². The van der Waals surface area contributed by atoms with Gasteiger partial charge in [0.2, 0.25) is 20.0 Å². The highest BCUT2D eigenvalue weighted by molar-refractivity contribution is 7.92. The first-order valence-electron chi connectivity index (χ1n) is 6.58. The third-order valence-electron chi connectivity index (χ3n) is 2.77. The molecule has 0 aliphatic heterocycles. The van der Waals surface area contributed by atoms with Crippen molar-refractivity contribution in [2.45, 2.75) is 11.8 Å². The van der Waals surface area contributed by atoms with Crippen molar-refractivity contribution in [1.82, 2.24) is 10.0 Å². The van der Waals surface area contributed by atoms with Crippen LogP contribution in [0.4, 0.5) is 5.69 Å². The van der Waals surface area contributed by atoms with Gasteiger partial charge >= 0.3 is 0 Å². The van der Waals surface area contributed by atoms with Gasteiger partial charge < -0.3 is 10.1 Å². The summed E-state index contributed by atoms with van der Waals surface area (Å²) in [5.41, 5.74) is 0.243. The highest BCUT2D eigenvalue weighted by Crippen LogP contribution is 2.27. The Bertz CT molecular complexity index is 701. The molecular formula is C12H21N3O5S2. The van der Waals surface area contributed by atoms with E-state index in [1.807, 2.05) is 0 Å². The van der Waals surface area contributed by atoms with Crippen molar-refractivity contribution in [2.24, 2.45) is 0 Å². The Morgan fingerprint density at radius 3 is 2.36 bits per heavy atom. The third kappa shape index (κ3) is 5.13. The Balaban J connectivity index is 3.08. The minimum atomic E-state index is -3.73. The van der Waals surface area contributed by atoms with E-state index in [2.05, 4.69) is 14.8 Å². The van der Waals surface area contributed by atoms with E-state index >= 15 is 0 Å². The number of likely N-dealkylation sites (N-methyl/N-ethyl adjacent to an activating group) is 1. The third-order valence-corrected chi connectivity index (χ3v) is 5.58. The summed E-state index contributed by atoms with van der Waals surface area (Å²) in [4.78, 5) is -0.0504. The van der Waals surface area contributed by atoms with Gasteiger partial charge in [0.1, 0.15) is 10.6 Å². The van der Waals surface area contributed by atoms with Crippen LogP contribution in [-0.2, 0) is 20.0 Å². The number of rotatable bonds is 9. The van der Waals surface area contributed by atoms with Crippen LogP contribution < -0.4 is 19.5 Å². The van der Waals surface area contributed by atoms with Gasteiger partial charge in [0.15, 0.2) is 0 Å². The molecule has 0 atom stereocenters. The van der Waals surface area contributed by atoms with Crippen molar-refractivity contribution in [1.29, 1.82) is 0 Å². The second kappa shape index (κ2) is 7.77. The molecule has 0 unspecified atom stereocenters.